The molecule has 138 valence electrons. The second kappa shape index (κ2) is 6.93. The highest BCUT2D eigenvalue weighted by atomic mass is 19.4. The van der Waals surface area contributed by atoms with Gasteiger partial charge < -0.3 is 10.6 Å². The molecule has 1 aliphatic heterocycles. The second-order valence-corrected chi connectivity index (χ2v) is 5.99. The van der Waals surface area contributed by atoms with Gasteiger partial charge in [-0.25, -0.2) is 8.78 Å². The van der Waals surface area contributed by atoms with Crippen LogP contribution >= 0.6 is 0 Å². The summed E-state index contributed by atoms with van der Waals surface area (Å²) in [6.45, 7) is 0.825. The fraction of sp³-hybridized carbons (Fsp3) is 0.278. The number of benzene rings is 2. The third-order valence-electron chi connectivity index (χ3n) is 4.19. The van der Waals surface area contributed by atoms with Gasteiger partial charge in [-0.3, -0.25) is 4.79 Å². The molecule has 0 radical (unpaired) electrons. The van der Waals surface area contributed by atoms with Crippen LogP contribution in [-0.4, -0.2) is 12.5 Å². The van der Waals surface area contributed by atoms with Gasteiger partial charge in [0, 0.05) is 24.3 Å². The molecule has 3 nitrogen and oxygen atoms in total. The first kappa shape index (κ1) is 18.2. The van der Waals surface area contributed by atoms with E-state index in [2.05, 4.69) is 10.6 Å². The van der Waals surface area contributed by atoms with E-state index in [1.165, 1.54) is 0 Å². The quantitative estimate of drug-likeness (QED) is 0.777. The van der Waals surface area contributed by atoms with Crippen LogP contribution in [0.15, 0.2) is 30.3 Å². The second-order valence-electron chi connectivity index (χ2n) is 5.99. The normalized spacial score (nSPS) is 13.3. The van der Waals surface area contributed by atoms with E-state index in [0.717, 1.165) is 30.3 Å². The minimum Gasteiger partial charge on any atom is -0.384 e. The van der Waals surface area contributed by atoms with Crippen LogP contribution in [-0.2, 0) is 23.8 Å². The molecule has 0 aliphatic carbocycles. The van der Waals surface area contributed by atoms with E-state index in [0.29, 0.717) is 11.8 Å². The number of hydrogen-bond acceptors (Lipinski definition) is 2. The molecule has 0 atom stereocenters. The molecule has 2 aromatic carbocycles. The number of hydrogen-bond donors (Lipinski definition) is 2. The van der Waals surface area contributed by atoms with Gasteiger partial charge in [0.05, 0.1) is 5.56 Å². The number of alkyl halides is 3. The lowest BCUT2D eigenvalue weighted by molar-refractivity contribution is -0.140. The molecule has 2 N–H and O–H groups in total. The minimum atomic E-state index is -4.97. The first-order valence-electron chi connectivity index (χ1n) is 7.96. The Morgan fingerprint density at radius 1 is 1.12 bits per heavy atom. The minimum absolute atomic E-state index is 0.183. The molecule has 1 aliphatic rings. The lowest BCUT2D eigenvalue weighted by atomic mass is 10.0. The molecule has 0 fully saturated rings. The van der Waals surface area contributed by atoms with Gasteiger partial charge in [-0.05, 0) is 48.2 Å². The van der Waals surface area contributed by atoms with Crippen LogP contribution in [0.2, 0.25) is 0 Å². The van der Waals surface area contributed by atoms with Gasteiger partial charge in [-0.1, -0.05) is 6.07 Å². The number of nitrogens with one attached hydrogen (secondary N) is 2. The maximum absolute atomic E-state index is 13.8. The number of amides is 1. The van der Waals surface area contributed by atoms with Gasteiger partial charge in [-0.2, -0.15) is 13.2 Å². The van der Waals surface area contributed by atoms with Crippen molar-refractivity contribution in [1.29, 1.82) is 0 Å². The molecule has 2 aromatic rings. The Balaban J connectivity index is 1.64. The summed E-state index contributed by atoms with van der Waals surface area (Å²) in [5.74, 6) is -3.95. The van der Waals surface area contributed by atoms with Crippen molar-refractivity contribution < 1.29 is 26.7 Å². The van der Waals surface area contributed by atoms with Crippen molar-refractivity contribution in [3.8, 4) is 0 Å². The van der Waals surface area contributed by atoms with Crippen molar-refractivity contribution in [3.05, 3.63) is 58.7 Å². The molecule has 26 heavy (non-hydrogen) atoms. The summed E-state index contributed by atoms with van der Waals surface area (Å²) in [7, 11) is 0. The number of aryl methyl sites for hydroxylation is 1. The van der Waals surface area contributed by atoms with E-state index in [4.69, 9.17) is 0 Å². The number of carbonyl (C=O) groups is 1. The Hall–Kier alpha value is -2.64. The van der Waals surface area contributed by atoms with E-state index in [-0.39, 0.29) is 18.4 Å². The van der Waals surface area contributed by atoms with Crippen molar-refractivity contribution in [1.82, 2.24) is 0 Å². The predicted octanol–water partition coefficient (Wildman–Crippen LogP) is 4.52. The maximum atomic E-state index is 13.8. The molecular weight excluding hydrogens is 355 g/mol. The molecule has 8 heteroatoms. The first-order valence-corrected chi connectivity index (χ1v) is 7.96. The van der Waals surface area contributed by atoms with Crippen LogP contribution in [0, 0.1) is 11.6 Å². The van der Waals surface area contributed by atoms with Gasteiger partial charge in [0.2, 0.25) is 5.91 Å². The average Bonchev–Trinajstić information content (AvgIpc) is 3.02. The van der Waals surface area contributed by atoms with Gasteiger partial charge in [-0.15, -0.1) is 0 Å². The fourth-order valence-corrected chi connectivity index (χ4v) is 2.86. The van der Waals surface area contributed by atoms with Gasteiger partial charge in [0.25, 0.3) is 0 Å². The number of halogens is 5. The summed E-state index contributed by atoms with van der Waals surface area (Å²) < 4.78 is 65.0. The Morgan fingerprint density at radius 3 is 2.62 bits per heavy atom. The van der Waals surface area contributed by atoms with Crippen LogP contribution in [0.5, 0.6) is 0 Å². The average molecular weight is 370 g/mol. The van der Waals surface area contributed by atoms with Gasteiger partial charge >= 0.3 is 6.18 Å². The van der Waals surface area contributed by atoms with E-state index < -0.39 is 29.3 Å². The van der Waals surface area contributed by atoms with E-state index in [9.17, 15) is 26.7 Å². The number of rotatable bonds is 4. The van der Waals surface area contributed by atoms with Crippen molar-refractivity contribution in [3.63, 3.8) is 0 Å². The van der Waals surface area contributed by atoms with Gasteiger partial charge in [0.15, 0.2) is 11.6 Å². The zero-order chi connectivity index (χ0) is 18.9. The van der Waals surface area contributed by atoms with E-state index in [1.807, 2.05) is 12.1 Å². The van der Waals surface area contributed by atoms with Crippen LogP contribution in [0.1, 0.15) is 23.1 Å². The Labute approximate surface area is 146 Å². The molecule has 1 heterocycles. The highest BCUT2D eigenvalue weighted by Gasteiger charge is 2.35. The Kier molecular flexibility index (Phi) is 4.84. The summed E-state index contributed by atoms with van der Waals surface area (Å²) in [5.41, 5.74) is 0.722. The molecule has 3 rings (SSSR count). The van der Waals surface area contributed by atoms with Crippen molar-refractivity contribution >= 4 is 17.3 Å². The van der Waals surface area contributed by atoms with E-state index >= 15 is 0 Å². The van der Waals surface area contributed by atoms with Crippen LogP contribution in [0.3, 0.4) is 0 Å². The SMILES string of the molecule is O=C(CCc1ccc(C(F)(F)F)c(F)c1F)Nc1ccc2c(c1)CCN2. The van der Waals surface area contributed by atoms with Crippen LogP contribution < -0.4 is 10.6 Å². The summed E-state index contributed by atoms with van der Waals surface area (Å²) in [4.78, 5) is 12.0. The highest BCUT2D eigenvalue weighted by Crippen LogP contribution is 2.33. The molecule has 1 amide bonds. The molecule has 0 aromatic heterocycles. The molecule has 0 spiro atoms. The lowest BCUT2D eigenvalue weighted by Crippen LogP contribution is -2.14. The Bertz CT molecular complexity index is 848. The van der Waals surface area contributed by atoms with Crippen LogP contribution in [0.25, 0.3) is 0 Å². The lowest BCUT2D eigenvalue weighted by Gasteiger charge is -2.11. The predicted molar refractivity (Wildman–Crippen MR) is 86.9 cm³/mol. The third kappa shape index (κ3) is 3.79. The summed E-state index contributed by atoms with van der Waals surface area (Å²) in [6, 6.07) is 6.72. The zero-order valence-corrected chi connectivity index (χ0v) is 13.5. The standard InChI is InChI=1S/C18H15F5N2O/c19-16-10(1-4-13(17(16)20)18(21,22)23)2-6-15(26)25-12-3-5-14-11(9-12)7-8-24-14/h1,3-5,9,24H,2,6-8H2,(H,25,26). The zero-order valence-electron chi connectivity index (χ0n) is 13.5. The van der Waals surface area contributed by atoms with Crippen molar-refractivity contribution in [2.24, 2.45) is 0 Å². The number of anilines is 2. The third-order valence-corrected chi connectivity index (χ3v) is 4.19. The molecule has 0 unspecified atom stereocenters. The molecule has 0 saturated heterocycles. The first-order chi connectivity index (χ1) is 12.3. The molecular formula is C18H15F5N2O. The summed E-state index contributed by atoms with van der Waals surface area (Å²) >= 11 is 0. The fourth-order valence-electron chi connectivity index (χ4n) is 2.86. The highest BCUT2D eigenvalue weighted by molar-refractivity contribution is 5.91. The topological polar surface area (TPSA) is 41.1 Å². The summed E-state index contributed by atoms with van der Waals surface area (Å²) in [5, 5.41) is 5.83. The maximum Gasteiger partial charge on any atom is 0.419 e. The smallest absolute Gasteiger partial charge is 0.384 e. The van der Waals surface area contributed by atoms with E-state index in [1.54, 1.807) is 6.07 Å². The molecule has 0 bridgehead atoms. The summed E-state index contributed by atoms with van der Waals surface area (Å²) in [6.07, 6.45) is -4.52. The van der Waals surface area contributed by atoms with Crippen molar-refractivity contribution in [2.45, 2.75) is 25.4 Å². The number of fused-ring (bicyclic) bond motifs is 1. The van der Waals surface area contributed by atoms with Crippen LogP contribution in [0.4, 0.5) is 33.3 Å². The van der Waals surface area contributed by atoms with Crippen molar-refractivity contribution in [2.75, 3.05) is 17.2 Å². The largest absolute Gasteiger partial charge is 0.419 e. The Morgan fingerprint density at radius 2 is 1.88 bits per heavy atom. The molecule has 0 saturated carbocycles. The number of carbonyl (C=O) groups excluding carboxylic acids is 1. The monoisotopic (exact) mass is 370 g/mol. The van der Waals surface area contributed by atoms with Gasteiger partial charge in [0.1, 0.15) is 0 Å².